The molecule has 0 aliphatic rings. The molecule has 0 heterocycles. The molecule has 1 amide bonds. The third-order valence-corrected chi connectivity index (χ3v) is 4.78. The van der Waals surface area contributed by atoms with Crippen LogP contribution in [0.2, 0.25) is 0 Å². The largest absolute Gasteiger partial charge is 0.480 e. The van der Waals surface area contributed by atoms with Crippen LogP contribution in [-0.4, -0.2) is 40.0 Å². The Balaban J connectivity index is 2.16. The number of hydrogen-bond donors (Lipinski definition) is 3. The molecule has 0 bridgehead atoms. The molecule has 0 aliphatic heterocycles. The zero-order chi connectivity index (χ0) is 21.8. The topological polar surface area (TPSA) is 86.6 Å². The first kappa shape index (κ1) is 22.6. The van der Waals surface area contributed by atoms with Crippen molar-refractivity contribution in [2.45, 2.75) is 23.2 Å². The van der Waals surface area contributed by atoms with Gasteiger partial charge in [-0.25, -0.2) is 13.6 Å². The van der Waals surface area contributed by atoms with Crippen LogP contribution in [0.5, 0.6) is 0 Å². The number of benzene rings is 2. The maximum absolute atomic E-state index is 13.2. The van der Waals surface area contributed by atoms with Gasteiger partial charge in [0.15, 0.2) is 6.04 Å². The first-order valence-corrected chi connectivity index (χ1v) is 8.94. The summed E-state index contributed by atoms with van der Waals surface area (Å²) in [6.45, 7) is 0. The van der Waals surface area contributed by atoms with Crippen LogP contribution in [0.3, 0.4) is 0 Å². The molecule has 156 valence electrons. The molecule has 2 unspecified atom stereocenters. The second-order valence-corrected chi connectivity index (χ2v) is 6.91. The van der Waals surface area contributed by atoms with E-state index in [-0.39, 0.29) is 11.8 Å². The molecular weight excluding hydrogens is 421 g/mol. The average Bonchev–Trinajstić information content (AvgIpc) is 2.63. The van der Waals surface area contributed by atoms with Crippen molar-refractivity contribution in [3.8, 4) is 0 Å². The standard InChI is InChI=1S/C18H14F5NO4S/c19-9-2-1-3-11(6-9)29-8-14(25)15(17(27)28)24-16(26)12-5-4-10(20)7-13(12)18(21,22)23/h1-7,14-15,25H,8H2,(H,24,26)(H,27,28). The summed E-state index contributed by atoms with van der Waals surface area (Å²) in [6.07, 6.45) is -6.77. The SMILES string of the molecule is O=C(NC(C(=O)O)C(O)CSc1cccc(F)c1)c1ccc(F)cc1C(F)(F)F. The van der Waals surface area contributed by atoms with E-state index in [1.54, 1.807) is 0 Å². The molecule has 2 atom stereocenters. The van der Waals surface area contributed by atoms with Gasteiger partial charge in [0, 0.05) is 10.6 Å². The average molecular weight is 435 g/mol. The first-order valence-electron chi connectivity index (χ1n) is 7.96. The van der Waals surface area contributed by atoms with Gasteiger partial charge in [0.2, 0.25) is 0 Å². The predicted octanol–water partition coefficient (Wildman–Crippen LogP) is 3.32. The Bertz CT molecular complexity index is 906. The quantitative estimate of drug-likeness (QED) is 0.459. The number of alkyl halides is 3. The van der Waals surface area contributed by atoms with Gasteiger partial charge in [0.05, 0.1) is 17.2 Å². The lowest BCUT2D eigenvalue weighted by atomic mass is 10.0. The summed E-state index contributed by atoms with van der Waals surface area (Å²) in [5.74, 6) is -5.21. The van der Waals surface area contributed by atoms with Crippen molar-refractivity contribution in [3.05, 3.63) is 65.2 Å². The van der Waals surface area contributed by atoms with Crippen molar-refractivity contribution in [3.63, 3.8) is 0 Å². The Hall–Kier alpha value is -2.66. The van der Waals surface area contributed by atoms with Gasteiger partial charge >= 0.3 is 12.1 Å². The van der Waals surface area contributed by atoms with Crippen molar-refractivity contribution < 1.29 is 41.8 Å². The van der Waals surface area contributed by atoms with Crippen molar-refractivity contribution in [2.24, 2.45) is 0 Å². The molecule has 11 heteroatoms. The number of rotatable bonds is 7. The van der Waals surface area contributed by atoms with E-state index < -0.39 is 53.0 Å². The third kappa shape index (κ3) is 6.16. The van der Waals surface area contributed by atoms with E-state index >= 15 is 0 Å². The lowest BCUT2D eigenvalue weighted by molar-refractivity contribution is -0.141. The van der Waals surface area contributed by atoms with Crippen molar-refractivity contribution in [2.75, 3.05) is 5.75 Å². The Morgan fingerprint density at radius 3 is 2.31 bits per heavy atom. The monoisotopic (exact) mass is 435 g/mol. The van der Waals surface area contributed by atoms with E-state index in [0.717, 1.165) is 17.8 Å². The summed E-state index contributed by atoms with van der Waals surface area (Å²) in [5, 5.41) is 21.1. The maximum atomic E-state index is 13.2. The molecule has 0 radical (unpaired) electrons. The Morgan fingerprint density at radius 2 is 1.72 bits per heavy atom. The van der Waals surface area contributed by atoms with Gasteiger partial charge in [-0.3, -0.25) is 4.79 Å². The van der Waals surface area contributed by atoms with Gasteiger partial charge in [-0.05, 0) is 36.4 Å². The molecule has 0 saturated carbocycles. The van der Waals surface area contributed by atoms with Crippen LogP contribution in [-0.2, 0) is 11.0 Å². The van der Waals surface area contributed by atoms with Gasteiger partial charge in [-0.15, -0.1) is 11.8 Å². The Labute approximate surface area is 165 Å². The number of aliphatic hydroxyl groups excluding tert-OH is 1. The number of amides is 1. The fourth-order valence-electron chi connectivity index (χ4n) is 2.33. The van der Waals surface area contributed by atoms with E-state index in [1.807, 2.05) is 5.32 Å². The van der Waals surface area contributed by atoms with Gasteiger partial charge < -0.3 is 15.5 Å². The number of carboxylic acids is 1. The number of carboxylic acid groups (broad SMARTS) is 1. The van der Waals surface area contributed by atoms with Gasteiger partial charge in [0.1, 0.15) is 11.6 Å². The third-order valence-electron chi connectivity index (χ3n) is 3.69. The number of aliphatic hydroxyl groups is 1. The summed E-state index contributed by atoms with van der Waals surface area (Å²) in [5.41, 5.74) is -2.57. The van der Waals surface area contributed by atoms with Crippen molar-refractivity contribution in [1.82, 2.24) is 5.32 Å². The second kappa shape index (κ2) is 9.23. The normalized spacial score (nSPS) is 13.6. The minimum Gasteiger partial charge on any atom is -0.480 e. The zero-order valence-corrected chi connectivity index (χ0v) is 15.2. The van der Waals surface area contributed by atoms with Crippen molar-refractivity contribution in [1.29, 1.82) is 0 Å². The molecule has 0 fully saturated rings. The minimum absolute atomic E-state index is 0.112. The minimum atomic E-state index is -5.06. The molecule has 0 aromatic heterocycles. The van der Waals surface area contributed by atoms with Crippen LogP contribution in [0.4, 0.5) is 22.0 Å². The zero-order valence-electron chi connectivity index (χ0n) is 14.4. The number of aliphatic carboxylic acids is 1. The highest BCUT2D eigenvalue weighted by Gasteiger charge is 2.37. The van der Waals surface area contributed by atoms with E-state index in [0.29, 0.717) is 17.0 Å². The molecular formula is C18H14F5NO4S. The van der Waals surface area contributed by atoms with Gasteiger partial charge in [0.25, 0.3) is 5.91 Å². The van der Waals surface area contributed by atoms with E-state index in [2.05, 4.69) is 0 Å². The lowest BCUT2D eigenvalue weighted by Gasteiger charge is -2.21. The highest BCUT2D eigenvalue weighted by Crippen LogP contribution is 2.32. The lowest BCUT2D eigenvalue weighted by Crippen LogP contribution is -2.50. The summed E-state index contributed by atoms with van der Waals surface area (Å²) < 4.78 is 65.4. The molecule has 3 N–H and O–H groups in total. The van der Waals surface area contributed by atoms with Crippen LogP contribution >= 0.6 is 11.8 Å². The Morgan fingerprint density at radius 1 is 1.07 bits per heavy atom. The molecule has 2 rings (SSSR count). The van der Waals surface area contributed by atoms with Crippen LogP contribution < -0.4 is 5.32 Å². The van der Waals surface area contributed by atoms with Crippen LogP contribution in [0.1, 0.15) is 15.9 Å². The fraction of sp³-hybridized carbons (Fsp3) is 0.222. The van der Waals surface area contributed by atoms with E-state index in [4.69, 9.17) is 0 Å². The predicted molar refractivity (Wildman–Crippen MR) is 93.4 cm³/mol. The van der Waals surface area contributed by atoms with Crippen LogP contribution in [0, 0.1) is 11.6 Å². The molecule has 0 aliphatic carbocycles. The van der Waals surface area contributed by atoms with E-state index in [9.17, 15) is 41.8 Å². The number of carbonyl (C=O) groups is 2. The molecule has 5 nitrogen and oxygen atoms in total. The smallest absolute Gasteiger partial charge is 0.417 e. The summed E-state index contributed by atoms with van der Waals surface area (Å²) in [7, 11) is 0. The van der Waals surface area contributed by atoms with Crippen LogP contribution in [0.25, 0.3) is 0 Å². The van der Waals surface area contributed by atoms with Crippen molar-refractivity contribution >= 4 is 23.6 Å². The Kier molecular flexibility index (Phi) is 7.20. The summed E-state index contributed by atoms with van der Waals surface area (Å²) in [6, 6.07) is 4.57. The van der Waals surface area contributed by atoms with Gasteiger partial charge in [-0.1, -0.05) is 6.07 Å². The first-order chi connectivity index (χ1) is 13.5. The highest BCUT2D eigenvalue weighted by molar-refractivity contribution is 7.99. The fourth-order valence-corrected chi connectivity index (χ4v) is 3.25. The number of nitrogens with one attached hydrogen (secondary N) is 1. The number of carbonyl (C=O) groups excluding carboxylic acids is 1. The van der Waals surface area contributed by atoms with Crippen LogP contribution in [0.15, 0.2) is 47.4 Å². The molecule has 2 aromatic carbocycles. The molecule has 29 heavy (non-hydrogen) atoms. The van der Waals surface area contributed by atoms with E-state index in [1.165, 1.54) is 18.2 Å². The number of thioether (sulfide) groups is 1. The number of hydrogen-bond acceptors (Lipinski definition) is 4. The second-order valence-electron chi connectivity index (χ2n) is 5.81. The highest BCUT2D eigenvalue weighted by atomic mass is 32.2. The summed E-state index contributed by atoms with van der Waals surface area (Å²) in [4.78, 5) is 24.0. The summed E-state index contributed by atoms with van der Waals surface area (Å²) >= 11 is 0.886. The molecule has 2 aromatic rings. The van der Waals surface area contributed by atoms with Gasteiger partial charge in [-0.2, -0.15) is 13.2 Å². The number of halogens is 5. The maximum Gasteiger partial charge on any atom is 0.417 e. The molecule has 0 saturated heterocycles. The molecule has 0 spiro atoms.